The SMILES string of the molecule is O=C(c1cc(Br)c(Br)s1)N1CCOCC1CBr. The number of morpholine rings is 1. The normalized spacial score (nSPS) is 20.6. The van der Waals surface area contributed by atoms with Crippen LogP contribution in [-0.2, 0) is 4.74 Å². The van der Waals surface area contributed by atoms with Crippen LogP contribution in [0.4, 0.5) is 0 Å². The summed E-state index contributed by atoms with van der Waals surface area (Å²) in [5.74, 6) is 0.0779. The van der Waals surface area contributed by atoms with Crippen molar-refractivity contribution in [3.05, 3.63) is 19.2 Å². The second kappa shape index (κ2) is 6.14. The number of nitrogens with zero attached hydrogens (tertiary/aromatic N) is 1. The van der Waals surface area contributed by atoms with Crippen LogP contribution in [-0.4, -0.2) is 41.9 Å². The van der Waals surface area contributed by atoms with E-state index < -0.39 is 0 Å². The van der Waals surface area contributed by atoms with Crippen LogP contribution in [0.3, 0.4) is 0 Å². The largest absolute Gasteiger partial charge is 0.377 e. The van der Waals surface area contributed by atoms with Crippen molar-refractivity contribution in [1.82, 2.24) is 4.90 Å². The third-order valence-corrected chi connectivity index (χ3v) is 6.51. The van der Waals surface area contributed by atoms with Crippen molar-refractivity contribution in [3.63, 3.8) is 0 Å². The molecule has 1 aliphatic heterocycles. The molecule has 94 valence electrons. The standard InChI is InChI=1S/C10H10Br3NO2S/c11-4-6-5-16-2-1-14(6)10(15)8-3-7(12)9(13)17-8/h3,6H,1-2,4-5H2. The summed E-state index contributed by atoms with van der Waals surface area (Å²) in [7, 11) is 0. The lowest BCUT2D eigenvalue weighted by atomic mass is 10.2. The van der Waals surface area contributed by atoms with Crippen molar-refractivity contribution in [2.45, 2.75) is 6.04 Å². The van der Waals surface area contributed by atoms with Crippen LogP contribution in [0.2, 0.25) is 0 Å². The molecule has 1 aromatic heterocycles. The number of ether oxygens (including phenoxy) is 1. The Kier molecular flexibility index (Phi) is 5.06. The highest BCUT2D eigenvalue weighted by Crippen LogP contribution is 2.33. The van der Waals surface area contributed by atoms with Gasteiger partial charge in [-0.1, -0.05) is 15.9 Å². The molecule has 1 saturated heterocycles. The smallest absolute Gasteiger partial charge is 0.264 e. The molecule has 1 amide bonds. The van der Waals surface area contributed by atoms with Crippen molar-refractivity contribution in [1.29, 1.82) is 0 Å². The van der Waals surface area contributed by atoms with Crippen molar-refractivity contribution in [2.24, 2.45) is 0 Å². The van der Waals surface area contributed by atoms with Crippen LogP contribution in [0, 0.1) is 0 Å². The lowest BCUT2D eigenvalue weighted by Gasteiger charge is -2.34. The third-order valence-electron chi connectivity index (χ3n) is 2.52. The van der Waals surface area contributed by atoms with E-state index in [0.717, 1.165) is 18.5 Å². The summed E-state index contributed by atoms with van der Waals surface area (Å²) < 4.78 is 7.25. The first-order valence-corrected chi connectivity index (χ1v) is 8.55. The van der Waals surface area contributed by atoms with Crippen LogP contribution < -0.4 is 0 Å². The van der Waals surface area contributed by atoms with E-state index in [-0.39, 0.29) is 11.9 Å². The summed E-state index contributed by atoms with van der Waals surface area (Å²) in [4.78, 5) is 15.0. The van der Waals surface area contributed by atoms with E-state index in [2.05, 4.69) is 47.8 Å². The molecule has 1 unspecified atom stereocenters. The molecular formula is C10H10Br3NO2S. The summed E-state index contributed by atoms with van der Waals surface area (Å²) in [6.45, 7) is 1.87. The number of hydrogen-bond donors (Lipinski definition) is 0. The van der Waals surface area contributed by atoms with Gasteiger partial charge in [-0.25, -0.2) is 0 Å². The summed E-state index contributed by atoms with van der Waals surface area (Å²) in [6.07, 6.45) is 0. The monoisotopic (exact) mass is 445 g/mol. The van der Waals surface area contributed by atoms with Crippen LogP contribution in [0.15, 0.2) is 14.3 Å². The Labute approximate surface area is 129 Å². The molecule has 1 fully saturated rings. The number of thiophene rings is 1. The number of amides is 1. The highest BCUT2D eigenvalue weighted by Gasteiger charge is 2.28. The van der Waals surface area contributed by atoms with Gasteiger partial charge >= 0.3 is 0 Å². The topological polar surface area (TPSA) is 29.5 Å². The first-order valence-electron chi connectivity index (χ1n) is 5.03. The number of halogens is 3. The maximum atomic E-state index is 12.4. The van der Waals surface area contributed by atoms with Crippen LogP contribution >= 0.6 is 59.1 Å². The molecule has 0 aliphatic carbocycles. The van der Waals surface area contributed by atoms with E-state index in [1.54, 1.807) is 0 Å². The Morgan fingerprint density at radius 3 is 2.94 bits per heavy atom. The first-order chi connectivity index (χ1) is 8.13. The molecule has 2 heterocycles. The van der Waals surface area contributed by atoms with Gasteiger partial charge in [0.05, 0.1) is 27.9 Å². The van der Waals surface area contributed by atoms with E-state index in [1.165, 1.54) is 11.3 Å². The van der Waals surface area contributed by atoms with Gasteiger partial charge in [0.15, 0.2) is 0 Å². The van der Waals surface area contributed by atoms with Crippen LogP contribution in [0.25, 0.3) is 0 Å². The van der Waals surface area contributed by atoms with Gasteiger partial charge in [0.25, 0.3) is 5.91 Å². The zero-order chi connectivity index (χ0) is 12.4. The van der Waals surface area contributed by atoms with Gasteiger partial charge in [-0.15, -0.1) is 11.3 Å². The highest BCUT2D eigenvalue weighted by atomic mass is 79.9. The quantitative estimate of drug-likeness (QED) is 0.649. The molecule has 0 aromatic carbocycles. The average molecular weight is 448 g/mol. The summed E-state index contributed by atoms with van der Waals surface area (Å²) in [5.41, 5.74) is 0. The van der Waals surface area contributed by atoms with Crippen molar-refractivity contribution >= 4 is 65.0 Å². The predicted molar refractivity (Wildman–Crippen MR) is 79.2 cm³/mol. The van der Waals surface area contributed by atoms with Gasteiger partial charge in [0.1, 0.15) is 0 Å². The van der Waals surface area contributed by atoms with Gasteiger partial charge in [0, 0.05) is 16.3 Å². The second-order valence-electron chi connectivity index (χ2n) is 3.61. The minimum absolute atomic E-state index is 0.0779. The molecule has 1 atom stereocenters. The fraction of sp³-hybridized carbons (Fsp3) is 0.500. The number of carbonyl (C=O) groups is 1. The van der Waals surface area contributed by atoms with Crippen LogP contribution in [0.5, 0.6) is 0 Å². The molecule has 1 aliphatic rings. The number of alkyl halides is 1. The minimum Gasteiger partial charge on any atom is -0.377 e. The first kappa shape index (κ1) is 14.0. The Morgan fingerprint density at radius 1 is 1.59 bits per heavy atom. The molecule has 1 aromatic rings. The van der Waals surface area contributed by atoms with E-state index in [9.17, 15) is 4.79 Å². The Hall–Kier alpha value is 0.570. The van der Waals surface area contributed by atoms with E-state index in [4.69, 9.17) is 4.74 Å². The Bertz CT molecular complexity index is 404. The Balaban J connectivity index is 2.18. The average Bonchev–Trinajstić information content (AvgIpc) is 2.68. The maximum Gasteiger partial charge on any atom is 0.264 e. The number of carbonyl (C=O) groups excluding carboxylic acids is 1. The van der Waals surface area contributed by atoms with Crippen LogP contribution in [0.1, 0.15) is 9.67 Å². The zero-order valence-electron chi connectivity index (χ0n) is 8.79. The van der Waals surface area contributed by atoms with Gasteiger partial charge in [-0.2, -0.15) is 0 Å². The molecule has 2 rings (SSSR count). The van der Waals surface area contributed by atoms with E-state index in [1.807, 2.05) is 11.0 Å². The fourth-order valence-electron chi connectivity index (χ4n) is 1.64. The van der Waals surface area contributed by atoms with Gasteiger partial charge in [-0.05, 0) is 37.9 Å². The fourth-order valence-corrected chi connectivity index (χ4v) is 4.17. The highest BCUT2D eigenvalue weighted by molar-refractivity contribution is 9.13. The van der Waals surface area contributed by atoms with Crippen molar-refractivity contribution < 1.29 is 9.53 Å². The third kappa shape index (κ3) is 3.12. The number of rotatable bonds is 2. The van der Waals surface area contributed by atoms with Gasteiger partial charge in [-0.3, -0.25) is 4.79 Å². The zero-order valence-corrected chi connectivity index (χ0v) is 14.4. The summed E-state index contributed by atoms with van der Waals surface area (Å²) >= 11 is 11.7. The predicted octanol–water partition coefficient (Wildman–Crippen LogP) is 3.51. The second-order valence-corrected chi connectivity index (χ2v) is 7.49. The minimum atomic E-state index is 0.0779. The van der Waals surface area contributed by atoms with Crippen molar-refractivity contribution in [3.8, 4) is 0 Å². The molecule has 0 radical (unpaired) electrons. The molecule has 17 heavy (non-hydrogen) atoms. The molecule has 0 N–H and O–H groups in total. The number of hydrogen-bond acceptors (Lipinski definition) is 3. The summed E-state index contributed by atoms with van der Waals surface area (Å²) in [5, 5.41) is 0.743. The van der Waals surface area contributed by atoms with Gasteiger partial charge in [0.2, 0.25) is 0 Å². The lowest BCUT2D eigenvalue weighted by Crippen LogP contribution is -2.49. The Morgan fingerprint density at radius 2 is 2.35 bits per heavy atom. The van der Waals surface area contributed by atoms with E-state index >= 15 is 0 Å². The molecule has 0 saturated carbocycles. The maximum absolute atomic E-state index is 12.4. The molecule has 3 nitrogen and oxygen atoms in total. The molecule has 0 spiro atoms. The molecular weight excluding hydrogens is 438 g/mol. The van der Waals surface area contributed by atoms with Crippen molar-refractivity contribution in [2.75, 3.05) is 25.1 Å². The molecule has 7 heteroatoms. The van der Waals surface area contributed by atoms with E-state index in [0.29, 0.717) is 19.8 Å². The summed E-state index contributed by atoms with van der Waals surface area (Å²) in [6, 6.07) is 1.98. The molecule has 0 bridgehead atoms. The van der Waals surface area contributed by atoms with Gasteiger partial charge < -0.3 is 9.64 Å². The lowest BCUT2D eigenvalue weighted by molar-refractivity contribution is 0.00552.